The lowest BCUT2D eigenvalue weighted by Gasteiger charge is -2.14. The van der Waals surface area contributed by atoms with Gasteiger partial charge in [-0.05, 0) is 31.5 Å². The average Bonchev–Trinajstić information content (AvgIpc) is 2.86. The summed E-state index contributed by atoms with van der Waals surface area (Å²) in [5, 5.41) is 9.80. The van der Waals surface area contributed by atoms with Crippen LogP contribution in [0.1, 0.15) is 30.8 Å². The summed E-state index contributed by atoms with van der Waals surface area (Å²) in [6.45, 7) is 3.76. The smallest absolute Gasteiger partial charge is 0.343 e. The molecule has 0 spiro atoms. The molecule has 0 unspecified atom stereocenters. The first-order chi connectivity index (χ1) is 13.9. The molecule has 1 aliphatic heterocycles. The molecule has 1 aromatic heterocycles. The van der Waals surface area contributed by atoms with E-state index in [1.165, 1.54) is 19.2 Å². The molecule has 2 heterocycles. The van der Waals surface area contributed by atoms with Gasteiger partial charge in [-0.3, -0.25) is 9.59 Å². The molecule has 1 aromatic carbocycles. The van der Waals surface area contributed by atoms with Crippen LogP contribution in [0.3, 0.4) is 0 Å². The summed E-state index contributed by atoms with van der Waals surface area (Å²) in [5.74, 6) is -1.15. The van der Waals surface area contributed by atoms with Gasteiger partial charge in [-0.1, -0.05) is 19.1 Å². The maximum atomic E-state index is 12.8. The van der Waals surface area contributed by atoms with Crippen LogP contribution in [0.2, 0.25) is 0 Å². The van der Waals surface area contributed by atoms with Gasteiger partial charge in [0, 0.05) is 18.8 Å². The van der Waals surface area contributed by atoms with Gasteiger partial charge in [-0.2, -0.15) is 5.10 Å². The lowest BCUT2D eigenvalue weighted by Crippen LogP contribution is -2.37. The molecule has 9 nitrogen and oxygen atoms in total. The van der Waals surface area contributed by atoms with E-state index in [1.807, 2.05) is 19.1 Å². The fraction of sp³-hybridized carbons (Fsp3) is 0.250. The summed E-state index contributed by atoms with van der Waals surface area (Å²) in [5.41, 5.74) is 1.65. The molecular formula is C20H21N5O4. The van der Waals surface area contributed by atoms with E-state index in [2.05, 4.69) is 20.7 Å². The number of carbonyl (C=O) groups excluding carboxylic acids is 2. The minimum Gasteiger partial charge on any atom is -0.462 e. The Morgan fingerprint density at radius 3 is 2.62 bits per heavy atom. The molecule has 0 saturated heterocycles. The van der Waals surface area contributed by atoms with Crippen LogP contribution in [-0.4, -0.2) is 34.1 Å². The molecule has 0 radical (unpaired) electrons. The Morgan fingerprint density at radius 1 is 1.17 bits per heavy atom. The predicted octanol–water partition coefficient (Wildman–Crippen LogP) is 1.89. The second-order valence-electron chi connectivity index (χ2n) is 6.16. The number of nitrogens with one attached hydrogen (secondary N) is 2. The number of aliphatic imine (C=N–C) groups is 1. The molecule has 0 aliphatic carbocycles. The van der Waals surface area contributed by atoms with E-state index in [-0.39, 0.29) is 29.3 Å². The van der Waals surface area contributed by atoms with Crippen molar-refractivity contribution in [1.82, 2.24) is 15.1 Å². The Hall–Kier alpha value is -3.75. The van der Waals surface area contributed by atoms with Crippen LogP contribution in [0.25, 0.3) is 0 Å². The molecule has 0 bridgehead atoms. The highest BCUT2D eigenvalue weighted by atomic mass is 16.5. The second-order valence-corrected chi connectivity index (χ2v) is 6.16. The molecule has 0 fully saturated rings. The third-order valence-corrected chi connectivity index (χ3v) is 4.22. The zero-order valence-corrected chi connectivity index (χ0v) is 16.4. The van der Waals surface area contributed by atoms with Crippen molar-refractivity contribution in [3.05, 3.63) is 63.7 Å². The number of allylic oxidation sites excluding steroid dienone is 1. The molecule has 0 atom stereocenters. The molecule has 1 amide bonds. The highest BCUT2D eigenvalue weighted by Gasteiger charge is 2.27. The number of aryl methyl sites for hydroxylation is 1. The van der Waals surface area contributed by atoms with E-state index in [0.29, 0.717) is 23.5 Å². The molecule has 9 heteroatoms. The Labute approximate surface area is 167 Å². The first-order valence-electron chi connectivity index (χ1n) is 9.15. The molecule has 0 saturated carbocycles. The predicted molar refractivity (Wildman–Crippen MR) is 108 cm³/mol. The van der Waals surface area contributed by atoms with Gasteiger partial charge in [0.05, 0.1) is 18.0 Å². The van der Waals surface area contributed by atoms with Crippen LogP contribution in [0.15, 0.2) is 57.5 Å². The lowest BCUT2D eigenvalue weighted by molar-refractivity contribution is -0.137. The maximum absolute atomic E-state index is 12.8. The Morgan fingerprint density at radius 2 is 1.93 bits per heavy atom. The van der Waals surface area contributed by atoms with Gasteiger partial charge in [0.1, 0.15) is 17.1 Å². The summed E-state index contributed by atoms with van der Waals surface area (Å²) in [6.07, 6.45) is 0.482. The van der Waals surface area contributed by atoms with E-state index in [0.717, 1.165) is 4.68 Å². The van der Waals surface area contributed by atoms with Gasteiger partial charge < -0.3 is 15.4 Å². The normalized spacial score (nSPS) is 13.0. The Bertz CT molecular complexity index is 1080. The molecule has 1 aliphatic rings. The van der Waals surface area contributed by atoms with Crippen molar-refractivity contribution in [2.45, 2.75) is 20.3 Å². The van der Waals surface area contributed by atoms with E-state index in [9.17, 15) is 14.4 Å². The van der Waals surface area contributed by atoms with Crippen molar-refractivity contribution in [2.24, 2.45) is 12.0 Å². The molecule has 29 heavy (non-hydrogen) atoms. The van der Waals surface area contributed by atoms with Gasteiger partial charge in [-0.15, -0.1) is 0 Å². The Balaban J connectivity index is 2.08. The summed E-state index contributed by atoms with van der Waals surface area (Å²) >= 11 is 0. The van der Waals surface area contributed by atoms with Crippen LogP contribution in [-0.2, 0) is 16.6 Å². The fourth-order valence-corrected chi connectivity index (χ4v) is 2.79. The van der Waals surface area contributed by atoms with Gasteiger partial charge in [0.25, 0.3) is 11.5 Å². The molecule has 3 rings (SSSR count). The topological polar surface area (TPSA) is 115 Å². The van der Waals surface area contributed by atoms with Gasteiger partial charge in [0.15, 0.2) is 0 Å². The van der Waals surface area contributed by atoms with Crippen LogP contribution in [0.5, 0.6) is 0 Å². The Kier molecular flexibility index (Phi) is 5.87. The van der Waals surface area contributed by atoms with E-state index in [1.54, 1.807) is 19.1 Å². The van der Waals surface area contributed by atoms with E-state index in [4.69, 9.17) is 4.74 Å². The van der Waals surface area contributed by atoms with Crippen molar-refractivity contribution in [3.8, 4) is 0 Å². The van der Waals surface area contributed by atoms with Crippen molar-refractivity contribution >= 4 is 29.1 Å². The number of fused-ring (bicyclic) bond motifs is 1. The second kappa shape index (κ2) is 8.51. The van der Waals surface area contributed by atoms with E-state index < -0.39 is 11.9 Å². The number of esters is 1. The summed E-state index contributed by atoms with van der Waals surface area (Å²) in [7, 11) is 1.45. The first-order valence-corrected chi connectivity index (χ1v) is 9.15. The standard InChI is InChI=1S/C20H21N5O4/c1-4-12-17(20(28)29-5-2)18(22-14-9-7-6-8-13(14)21-12)23-19(27)15-10-11-16(26)25(3)24-15/h6-11,21H,4-5H2,1-3H3,(H,22,23,27). The number of benzene rings is 1. The van der Waals surface area contributed by atoms with Crippen LogP contribution in [0.4, 0.5) is 11.4 Å². The van der Waals surface area contributed by atoms with Crippen LogP contribution < -0.4 is 16.2 Å². The molecule has 2 N–H and O–H groups in total. The number of para-hydroxylation sites is 2. The summed E-state index contributed by atoms with van der Waals surface area (Å²) < 4.78 is 6.25. The minimum absolute atomic E-state index is 0.0153. The number of amides is 1. The third-order valence-electron chi connectivity index (χ3n) is 4.22. The quantitative estimate of drug-likeness (QED) is 0.764. The van der Waals surface area contributed by atoms with Crippen molar-refractivity contribution < 1.29 is 14.3 Å². The number of aromatic nitrogens is 2. The molecule has 150 valence electrons. The van der Waals surface area contributed by atoms with Gasteiger partial charge in [-0.25, -0.2) is 14.5 Å². The third kappa shape index (κ3) is 4.23. The lowest BCUT2D eigenvalue weighted by atomic mass is 10.1. The number of ether oxygens (including phenoxy) is 1. The van der Waals surface area contributed by atoms with Crippen LogP contribution in [0, 0.1) is 0 Å². The molecule has 2 aromatic rings. The highest BCUT2D eigenvalue weighted by Crippen LogP contribution is 2.31. The SMILES string of the molecule is CCOC(=O)C1=C(CC)Nc2ccccc2N=C1NC(=O)c1ccc(=O)n(C)n1. The van der Waals surface area contributed by atoms with Crippen molar-refractivity contribution in [1.29, 1.82) is 0 Å². The fourth-order valence-electron chi connectivity index (χ4n) is 2.79. The monoisotopic (exact) mass is 395 g/mol. The number of amidine groups is 1. The number of carbonyl (C=O) groups is 2. The number of hydrogen-bond acceptors (Lipinski definition) is 7. The van der Waals surface area contributed by atoms with Crippen molar-refractivity contribution in [2.75, 3.05) is 11.9 Å². The summed E-state index contributed by atoms with van der Waals surface area (Å²) in [4.78, 5) is 41.5. The van der Waals surface area contributed by atoms with Crippen LogP contribution >= 0.6 is 0 Å². The maximum Gasteiger partial charge on any atom is 0.343 e. The number of nitrogens with zero attached hydrogens (tertiary/aromatic N) is 3. The van der Waals surface area contributed by atoms with Gasteiger partial charge in [0.2, 0.25) is 0 Å². The number of rotatable bonds is 4. The zero-order chi connectivity index (χ0) is 21.0. The number of hydrogen-bond donors (Lipinski definition) is 2. The summed E-state index contributed by atoms with van der Waals surface area (Å²) in [6, 6.07) is 9.80. The van der Waals surface area contributed by atoms with E-state index >= 15 is 0 Å². The molecular weight excluding hydrogens is 374 g/mol. The minimum atomic E-state index is -0.601. The number of anilines is 1. The van der Waals surface area contributed by atoms with Gasteiger partial charge >= 0.3 is 5.97 Å². The largest absolute Gasteiger partial charge is 0.462 e. The average molecular weight is 395 g/mol. The van der Waals surface area contributed by atoms with Crippen molar-refractivity contribution in [3.63, 3.8) is 0 Å². The zero-order valence-electron chi connectivity index (χ0n) is 16.4. The highest BCUT2D eigenvalue weighted by molar-refractivity contribution is 6.25. The first kappa shape index (κ1) is 20.0.